The molecule has 0 atom stereocenters. The van der Waals surface area contributed by atoms with Crippen molar-refractivity contribution in [3.8, 4) is 0 Å². The molecule has 9 heteroatoms. The number of hydrogen-bond donors (Lipinski definition) is 2. The van der Waals surface area contributed by atoms with Gasteiger partial charge in [0.15, 0.2) is 5.16 Å². The molecule has 0 aliphatic rings. The van der Waals surface area contributed by atoms with Gasteiger partial charge < -0.3 is 15.0 Å². The van der Waals surface area contributed by atoms with Gasteiger partial charge in [-0.2, -0.15) is 0 Å². The van der Waals surface area contributed by atoms with Crippen molar-refractivity contribution < 1.29 is 14.3 Å². The topological polar surface area (TPSA) is 101 Å². The molecular weight excluding hydrogens is 446 g/mol. The van der Waals surface area contributed by atoms with Gasteiger partial charge in [0.25, 0.3) is 5.56 Å². The van der Waals surface area contributed by atoms with Gasteiger partial charge in [-0.1, -0.05) is 36.0 Å². The fourth-order valence-electron chi connectivity index (χ4n) is 2.64. The van der Waals surface area contributed by atoms with Crippen LogP contribution in [0.25, 0.3) is 0 Å². The van der Waals surface area contributed by atoms with Crippen LogP contribution in [0.4, 0.5) is 5.69 Å². The SMILES string of the molecule is CC(C)OC(=O)c1cccc(NC(=O)CSc2nc(CSc3ccccc3)cc(=O)[nH]2)c1. The summed E-state index contributed by atoms with van der Waals surface area (Å²) in [6, 6.07) is 17.9. The molecule has 1 heterocycles. The number of anilines is 1. The summed E-state index contributed by atoms with van der Waals surface area (Å²) in [5, 5.41) is 3.13. The molecule has 0 unspecified atom stereocenters. The van der Waals surface area contributed by atoms with Gasteiger partial charge in [0.05, 0.1) is 23.1 Å². The van der Waals surface area contributed by atoms with E-state index in [2.05, 4.69) is 15.3 Å². The average molecular weight is 470 g/mol. The first kappa shape index (κ1) is 23.6. The first-order valence-electron chi connectivity index (χ1n) is 9.91. The summed E-state index contributed by atoms with van der Waals surface area (Å²) < 4.78 is 5.17. The number of H-pyrrole nitrogens is 1. The largest absolute Gasteiger partial charge is 0.459 e. The van der Waals surface area contributed by atoms with Gasteiger partial charge in [-0.15, -0.1) is 11.8 Å². The smallest absolute Gasteiger partial charge is 0.338 e. The Bertz CT molecular complexity index is 1130. The van der Waals surface area contributed by atoms with Crippen LogP contribution in [-0.4, -0.2) is 33.7 Å². The van der Waals surface area contributed by atoms with E-state index in [0.717, 1.165) is 16.7 Å². The molecule has 3 aromatic rings. The van der Waals surface area contributed by atoms with E-state index in [1.165, 1.54) is 6.07 Å². The molecule has 0 saturated heterocycles. The number of carbonyl (C=O) groups excluding carboxylic acids is 2. The lowest BCUT2D eigenvalue weighted by Gasteiger charge is -2.10. The molecule has 0 bridgehead atoms. The molecule has 1 amide bonds. The summed E-state index contributed by atoms with van der Waals surface area (Å²) in [7, 11) is 0. The van der Waals surface area contributed by atoms with E-state index in [1.54, 1.807) is 49.9 Å². The van der Waals surface area contributed by atoms with Crippen LogP contribution in [0.3, 0.4) is 0 Å². The highest BCUT2D eigenvalue weighted by Gasteiger charge is 2.12. The molecule has 0 saturated carbocycles. The Morgan fingerprint density at radius 2 is 1.84 bits per heavy atom. The maximum Gasteiger partial charge on any atom is 0.338 e. The number of benzene rings is 2. The standard InChI is InChI=1S/C23H23N3O4S2/c1-15(2)30-22(29)16-7-6-8-17(11-16)24-21(28)14-32-23-25-18(12-20(27)26-23)13-31-19-9-4-3-5-10-19/h3-12,15H,13-14H2,1-2H3,(H,24,28)(H,25,26,27). The number of aromatic nitrogens is 2. The second-order valence-electron chi connectivity index (χ2n) is 7.02. The van der Waals surface area contributed by atoms with E-state index in [4.69, 9.17) is 4.74 Å². The highest BCUT2D eigenvalue weighted by atomic mass is 32.2. The average Bonchev–Trinajstić information content (AvgIpc) is 2.76. The number of aromatic amines is 1. The summed E-state index contributed by atoms with van der Waals surface area (Å²) in [6.07, 6.45) is -0.228. The third kappa shape index (κ3) is 7.58. The molecule has 32 heavy (non-hydrogen) atoms. The molecule has 166 valence electrons. The zero-order valence-electron chi connectivity index (χ0n) is 17.7. The minimum absolute atomic E-state index is 0.0545. The third-order valence-corrected chi connectivity index (χ3v) is 5.89. The van der Waals surface area contributed by atoms with Crippen molar-refractivity contribution in [3.63, 3.8) is 0 Å². The Morgan fingerprint density at radius 1 is 1.06 bits per heavy atom. The monoisotopic (exact) mass is 469 g/mol. The Balaban J connectivity index is 1.56. The fourth-order valence-corrected chi connectivity index (χ4v) is 4.14. The molecule has 0 fully saturated rings. The van der Waals surface area contributed by atoms with Crippen molar-refractivity contribution in [2.75, 3.05) is 11.1 Å². The van der Waals surface area contributed by atoms with Crippen LogP contribution < -0.4 is 10.9 Å². The van der Waals surface area contributed by atoms with Gasteiger partial charge in [-0.25, -0.2) is 9.78 Å². The van der Waals surface area contributed by atoms with Crippen molar-refractivity contribution in [3.05, 3.63) is 82.3 Å². The number of carbonyl (C=O) groups is 2. The predicted molar refractivity (Wildman–Crippen MR) is 127 cm³/mol. The number of rotatable bonds is 9. The lowest BCUT2D eigenvalue weighted by molar-refractivity contribution is -0.113. The van der Waals surface area contributed by atoms with E-state index in [1.807, 2.05) is 30.3 Å². The second kappa shape index (κ2) is 11.5. The van der Waals surface area contributed by atoms with Gasteiger partial charge in [0.1, 0.15) is 0 Å². The third-order valence-electron chi connectivity index (χ3n) is 3.97. The number of nitrogens with zero attached hydrogens (tertiary/aromatic N) is 1. The predicted octanol–water partition coefficient (Wildman–Crippen LogP) is 4.36. The number of hydrogen-bond acceptors (Lipinski definition) is 7. The molecule has 0 spiro atoms. The van der Waals surface area contributed by atoms with E-state index >= 15 is 0 Å². The van der Waals surface area contributed by atoms with Crippen molar-refractivity contribution in [1.29, 1.82) is 0 Å². The molecule has 3 rings (SSSR count). The van der Waals surface area contributed by atoms with Crippen LogP contribution in [0.5, 0.6) is 0 Å². The van der Waals surface area contributed by atoms with Crippen LogP contribution in [0.15, 0.2) is 75.5 Å². The lowest BCUT2D eigenvalue weighted by Crippen LogP contribution is -2.16. The highest BCUT2D eigenvalue weighted by molar-refractivity contribution is 7.99. The minimum Gasteiger partial charge on any atom is -0.459 e. The Labute approximate surface area is 194 Å². The van der Waals surface area contributed by atoms with Crippen molar-refractivity contribution in [2.24, 2.45) is 0 Å². The Morgan fingerprint density at radius 3 is 2.59 bits per heavy atom. The molecule has 2 aromatic carbocycles. The van der Waals surface area contributed by atoms with E-state index in [9.17, 15) is 14.4 Å². The van der Waals surface area contributed by atoms with Gasteiger partial charge >= 0.3 is 5.97 Å². The summed E-state index contributed by atoms with van der Waals surface area (Å²) in [4.78, 5) is 44.5. The lowest BCUT2D eigenvalue weighted by atomic mass is 10.2. The quantitative estimate of drug-likeness (QED) is 0.273. The zero-order chi connectivity index (χ0) is 22.9. The number of amides is 1. The molecule has 7 nitrogen and oxygen atoms in total. The molecule has 2 N–H and O–H groups in total. The molecule has 1 aromatic heterocycles. The minimum atomic E-state index is -0.447. The number of esters is 1. The maximum absolute atomic E-state index is 12.4. The molecule has 0 aliphatic heterocycles. The summed E-state index contributed by atoms with van der Waals surface area (Å²) in [5.74, 6) is -0.125. The van der Waals surface area contributed by atoms with E-state index in [-0.39, 0.29) is 23.3 Å². The summed E-state index contributed by atoms with van der Waals surface area (Å²) >= 11 is 2.72. The van der Waals surface area contributed by atoms with Crippen LogP contribution >= 0.6 is 23.5 Å². The highest BCUT2D eigenvalue weighted by Crippen LogP contribution is 2.22. The normalized spacial score (nSPS) is 10.7. The molecule has 0 radical (unpaired) electrons. The first-order valence-corrected chi connectivity index (χ1v) is 11.9. The fraction of sp³-hybridized carbons (Fsp3) is 0.217. The van der Waals surface area contributed by atoms with Gasteiger partial charge in [-0.05, 0) is 44.2 Å². The second-order valence-corrected chi connectivity index (χ2v) is 9.03. The number of nitrogens with one attached hydrogen (secondary N) is 2. The molecular formula is C23H23N3O4S2. The van der Waals surface area contributed by atoms with Crippen LogP contribution in [0, 0.1) is 0 Å². The zero-order valence-corrected chi connectivity index (χ0v) is 19.3. The van der Waals surface area contributed by atoms with E-state index in [0.29, 0.717) is 27.9 Å². The Hall–Kier alpha value is -3.04. The number of ether oxygens (including phenoxy) is 1. The van der Waals surface area contributed by atoms with Crippen LogP contribution in [-0.2, 0) is 15.3 Å². The van der Waals surface area contributed by atoms with Crippen molar-refractivity contribution >= 4 is 41.1 Å². The van der Waals surface area contributed by atoms with Gasteiger partial charge in [0.2, 0.25) is 5.91 Å². The van der Waals surface area contributed by atoms with Crippen LogP contribution in [0.1, 0.15) is 29.9 Å². The van der Waals surface area contributed by atoms with E-state index < -0.39 is 5.97 Å². The summed E-state index contributed by atoms with van der Waals surface area (Å²) in [5.41, 5.74) is 1.23. The van der Waals surface area contributed by atoms with Gasteiger partial charge in [0, 0.05) is 22.4 Å². The summed E-state index contributed by atoms with van der Waals surface area (Å²) in [6.45, 7) is 3.54. The van der Waals surface area contributed by atoms with Crippen molar-refractivity contribution in [1.82, 2.24) is 9.97 Å². The first-order chi connectivity index (χ1) is 15.4. The Kier molecular flexibility index (Phi) is 8.52. The van der Waals surface area contributed by atoms with Crippen molar-refractivity contribution in [2.45, 2.75) is 35.8 Å². The van der Waals surface area contributed by atoms with Gasteiger partial charge in [-0.3, -0.25) is 9.59 Å². The molecule has 0 aliphatic carbocycles. The number of thioether (sulfide) groups is 2. The maximum atomic E-state index is 12.4. The van der Waals surface area contributed by atoms with Crippen LogP contribution in [0.2, 0.25) is 0 Å².